The van der Waals surface area contributed by atoms with Gasteiger partial charge in [0.15, 0.2) is 0 Å². The normalized spacial score (nSPS) is 11.2. The molecule has 0 amide bonds. The zero-order valence-electron chi connectivity index (χ0n) is 31.2. The van der Waals surface area contributed by atoms with Gasteiger partial charge in [-0.1, -0.05) is 121 Å². The zero-order valence-corrected chi connectivity index (χ0v) is 31.2. The SMILES string of the molecule is Cc1cnc(-c2cc(-c3ccccc3)cc(N(c3ccc4c(C)c(C)n(-c5ccccn5)c4c3)c3ccccc3-c3ccccc3)c2)cc1-c1ccccc1. The van der Waals surface area contributed by atoms with Crippen molar-refractivity contribution in [3.05, 3.63) is 205 Å². The van der Waals surface area contributed by atoms with Crippen LogP contribution >= 0.6 is 0 Å². The molecule has 0 aliphatic heterocycles. The highest BCUT2D eigenvalue weighted by Crippen LogP contribution is 2.45. The molecule has 6 aromatic carbocycles. The number of fused-ring (bicyclic) bond motifs is 1. The highest BCUT2D eigenvalue weighted by Gasteiger charge is 2.22. The fourth-order valence-electron chi connectivity index (χ4n) is 7.74. The van der Waals surface area contributed by atoms with Crippen molar-refractivity contribution >= 4 is 28.0 Å². The second-order valence-electron chi connectivity index (χ2n) is 14.0. The maximum absolute atomic E-state index is 5.05. The molecule has 264 valence electrons. The molecule has 0 fully saturated rings. The molecule has 0 aliphatic rings. The van der Waals surface area contributed by atoms with Crippen LogP contribution in [0.15, 0.2) is 188 Å². The summed E-state index contributed by atoms with van der Waals surface area (Å²) in [4.78, 5) is 12.2. The molecule has 0 N–H and O–H groups in total. The van der Waals surface area contributed by atoms with E-state index in [4.69, 9.17) is 9.97 Å². The molecule has 3 aromatic heterocycles. The lowest BCUT2D eigenvalue weighted by Crippen LogP contribution is -2.12. The Bertz CT molecular complexity index is 2770. The van der Waals surface area contributed by atoms with E-state index in [9.17, 15) is 0 Å². The van der Waals surface area contributed by atoms with Gasteiger partial charge in [-0.05, 0) is 114 Å². The molecule has 0 atom stereocenters. The third kappa shape index (κ3) is 6.38. The molecular formula is C51H40N4. The minimum Gasteiger partial charge on any atom is -0.310 e. The number of rotatable bonds is 8. The smallest absolute Gasteiger partial charge is 0.137 e. The lowest BCUT2D eigenvalue weighted by atomic mass is 9.96. The van der Waals surface area contributed by atoms with Crippen LogP contribution in [0.4, 0.5) is 17.1 Å². The minimum absolute atomic E-state index is 0.902. The van der Waals surface area contributed by atoms with E-state index in [2.05, 4.69) is 194 Å². The number of nitrogens with zero attached hydrogens (tertiary/aromatic N) is 4. The number of aryl methyl sites for hydroxylation is 2. The Labute approximate surface area is 322 Å². The number of benzene rings is 6. The van der Waals surface area contributed by atoms with Gasteiger partial charge in [-0.2, -0.15) is 0 Å². The molecule has 55 heavy (non-hydrogen) atoms. The largest absolute Gasteiger partial charge is 0.310 e. The van der Waals surface area contributed by atoms with Crippen LogP contribution in [-0.2, 0) is 0 Å². The van der Waals surface area contributed by atoms with Gasteiger partial charge in [-0.3, -0.25) is 9.55 Å². The van der Waals surface area contributed by atoms with Crippen molar-refractivity contribution in [3.63, 3.8) is 0 Å². The number of para-hydroxylation sites is 1. The van der Waals surface area contributed by atoms with E-state index in [0.717, 1.165) is 67.5 Å². The van der Waals surface area contributed by atoms with Crippen LogP contribution in [-0.4, -0.2) is 14.5 Å². The van der Waals surface area contributed by atoms with Crippen molar-refractivity contribution < 1.29 is 0 Å². The van der Waals surface area contributed by atoms with Crippen LogP contribution in [0.3, 0.4) is 0 Å². The fourth-order valence-corrected chi connectivity index (χ4v) is 7.74. The minimum atomic E-state index is 0.902. The maximum atomic E-state index is 5.05. The first-order valence-corrected chi connectivity index (χ1v) is 18.7. The van der Waals surface area contributed by atoms with Crippen LogP contribution in [0.1, 0.15) is 16.8 Å². The summed E-state index contributed by atoms with van der Waals surface area (Å²) < 4.78 is 2.28. The van der Waals surface area contributed by atoms with Crippen LogP contribution in [0.5, 0.6) is 0 Å². The summed E-state index contributed by atoms with van der Waals surface area (Å²) in [6, 6.07) is 62.6. The Kier molecular flexibility index (Phi) is 8.85. The van der Waals surface area contributed by atoms with Gasteiger partial charge in [0.1, 0.15) is 5.82 Å². The van der Waals surface area contributed by atoms with Crippen LogP contribution in [0, 0.1) is 20.8 Å². The van der Waals surface area contributed by atoms with E-state index in [1.807, 2.05) is 24.5 Å². The highest BCUT2D eigenvalue weighted by atomic mass is 15.1. The van der Waals surface area contributed by atoms with Gasteiger partial charge >= 0.3 is 0 Å². The second kappa shape index (κ2) is 14.4. The second-order valence-corrected chi connectivity index (χ2v) is 14.0. The van der Waals surface area contributed by atoms with Crippen molar-refractivity contribution in [2.75, 3.05) is 4.90 Å². The van der Waals surface area contributed by atoms with Gasteiger partial charge in [0.25, 0.3) is 0 Å². The van der Waals surface area contributed by atoms with Crippen LogP contribution in [0.2, 0.25) is 0 Å². The average Bonchev–Trinajstić information content (AvgIpc) is 3.50. The first kappa shape index (κ1) is 33.8. The van der Waals surface area contributed by atoms with Gasteiger partial charge in [-0.15, -0.1) is 0 Å². The highest BCUT2D eigenvalue weighted by molar-refractivity contribution is 5.95. The number of hydrogen-bond acceptors (Lipinski definition) is 3. The van der Waals surface area contributed by atoms with Crippen LogP contribution < -0.4 is 4.90 Å². The Morgan fingerprint density at radius 3 is 1.82 bits per heavy atom. The Morgan fingerprint density at radius 2 is 1.11 bits per heavy atom. The molecule has 0 unspecified atom stereocenters. The molecule has 0 radical (unpaired) electrons. The summed E-state index contributed by atoms with van der Waals surface area (Å²) in [5, 5.41) is 1.21. The first-order chi connectivity index (χ1) is 27.0. The molecule has 0 aliphatic carbocycles. The lowest BCUT2D eigenvalue weighted by Gasteiger charge is -2.29. The Morgan fingerprint density at radius 1 is 0.473 bits per heavy atom. The fraction of sp³-hybridized carbons (Fsp3) is 0.0588. The number of anilines is 3. The molecule has 3 heterocycles. The lowest BCUT2D eigenvalue weighted by molar-refractivity contribution is 0.984. The third-order valence-corrected chi connectivity index (χ3v) is 10.6. The van der Waals surface area contributed by atoms with E-state index in [0.29, 0.717) is 0 Å². The molecule has 0 spiro atoms. The number of aromatic nitrogens is 3. The monoisotopic (exact) mass is 708 g/mol. The van der Waals surface area contributed by atoms with Crippen molar-refractivity contribution in [1.82, 2.24) is 14.5 Å². The van der Waals surface area contributed by atoms with Crippen molar-refractivity contribution in [2.45, 2.75) is 20.8 Å². The van der Waals surface area contributed by atoms with E-state index in [-0.39, 0.29) is 0 Å². The van der Waals surface area contributed by atoms with Crippen LogP contribution in [0.25, 0.3) is 61.4 Å². The molecule has 0 saturated carbocycles. The quantitative estimate of drug-likeness (QED) is 0.158. The van der Waals surface area contributed by atoms with Gasteiger partial charge < -0.3 is 4.90 Å². The molecule has 0 saturated heterocycles. The van der Waals surface area contributed by atoms with Gasteiger partial charge in [0, 0.05) is 46.0 Å². The third-order valence-electron chi connectivity index (χ3n) is 10.6. The molecule has 4 nitrogen and oxygen atoms in total. The molecule has 0 bridgehead atoms. The Balaban J connectivity index is 1.32. The predicted molar refractivity (Wildman–Crippen MR) is 230 cm³/mol. The van der Waals surface area contributed by atoms with E-state index >= 15 is 0 Å². The van der Waals surface area contributed by atoms with E-state index in [1.165, 1.54) is 27.8 Å². The van der Waals surface area contributed by atoms with Crippen molar-refractivity contribution in [1.29, 1.82) is 0 Å². The molecule has 9 rings (SSSR count). The summed E-state index contributed by atoms with van der Waals surface area (Å²) in [6.45, 7) is 6.51. The van der Waals surface area contributed by atoms with Gasteiger partial charge in [0.05, 0.1) is 16.9 Å². The summed E-state index contributed by atoms with van der Waals surface area (Å²) in [7, 11) is 0. The van der Waals surface area contributed by atoms with E-state index < -0.39 is 0 Å². The first-order valence-electron chi connectivity index (χ1n) is 18.7. The van der Waals surface area contributed by atoms with E-state index in [1.54, 1.807) is 0 Å². The zero-order chi connectivity index (χ0) is 37.3. The van der Waals surface area contributed by atoms with Crippen molar-refractivity contribution in [2.24, 2.45) is 0 Å². The summed E-state index contributed by atoms with van der Waals surface area (Å²) in [5.74, 6) is 0.902. The Hall–Kier alpha value is -7.04. The predicted octanol–water partition coefficient (Wildman–Crippen LogP) is 13.5. The number of pyridine rings is 2. The number of hydrogen-bond donors (Lipinski definition) is 0. The maximum Gasteiger partial charge on any atom is 0.137 e. The molecule has 4 heteroatoms. The summed E-state index contributed by atoms with van der Waals surface area (Å²) in [5.41, 5.74) is 16.7. The standard InChI is InChI=1S/C51H40N4/c1-35-34-53-48(33-47(35)40-21-11-6-12-22-40)42-29-41(38-17-7-4-8-18-38)30-44(31-42)55(49-24-14-13-23-46(49)39-19-9-5-10-20-39)43-26-27-45-36(2)37(3)54(50(45)32-43)51-25-15-16-28-52-51/h4-34H,1-3H3. The average molecular weight is 709 g/mol. The van der Waals surface area contributed by atoms with Gasteiger partial charge in [0.2, 0.25) is 0 Å². The summed E-state index contributed by atoms with van der Waals surface area (Å²) >= 11 is 0. The molecule has 9 aromatic rings. The van der Waals surface area contributed by atoms with Crippen molar-refractivity contribution in [3.8, 4) is 50.5 Å². The topological polar surface area (TPSA) is 34.0 Å². The molecular weight excluding hydrogens is 669 g/mol. The van der Waals surface area contributed by atoms with Gasteiger partial charge in [-0.25, -0.2) is 4.98 Å². The summed E-state index contributed by atoms with van der Waals surface area (Å²) in [6.07, 6.45) is 3.86.